The van der Waals surface area contributed by atoms with E-state index in [4.69, 9.17) is 4.18 Å². The third-order valence-corrected chi connectivity index (χ3v) is 4.07. The molecule has 90 valence electrons. The molecule has 0 saturated carbocycles. The summed E-state index contributed by atoms with van der Waals surface area (Å²) in [5.74, 6) is 0. The molecule has 0 aliphatic heterocycles. The van der Waals surface area contributed by atoms with Crippen molar-refractivity contribution in [3.05, 3.63) is 22.3 Å². The molecular weight excluding hydrogens is 260 g/mol. The van der Waals surface area contributed by atoms with Gasteiger partial charge in [-0.1, -0.05) is 0 Å². The van der Waals surface area contributed by atoms with E-state index in [1.54, 1.807) is 6.92 Å². The standard InChI is InChI=1S/C11H18O3S.Ti/c1-7-8(2)10(4)11(5,9(7)3)14-15(6,12)13;/h1-6H3;. The first kappa shape index (κ1) is 16.1. The van der Waals surface area contributed by atoms with Crippen molar-refractivity contribution < 1.29 is 34.3 Å². The summed E-state index contributed by atoms with van der Waals surface area (Å²) in [4.78, 5) is 0. The Morgan fingerprint density at radius 2 is 1.31 bits per heavy atom. The van der Waals surface area contributed by atoms with E-state index in [1.165, 1.54) is 0 Å². The maximum absolute atomic E-state index is 11.2. The van der Waals surface area contributed by atoms with E-state index < -0.39 is 15.7 Å². The van der Waals surface area contributed by atoms with E-state index in [1.807, 2.05) is 27.7 Å². The molecule has 0 N–H and O–H groups in total. The molecule has 1 rings (SSSR count). The monoisotopic (exact) mass is 278 g/mol. The van der Waals surface area contributed by atoms with Crippen LogP contribution < -0.4 is 0 Å². The molecule has 1 aliphatic carbocycles. The van der Waals surface area contributed by atoms with Crippen LogP contribution >= 0.6 is 0 Å². The van der Waals surface area contributed by atoms with Crippen molar-refractivity contribution in [2.45, 2.75) is 40.2 Å². The molecule has 0 aromatic rings. The third-order valence-electron chi connectivity index (χ3n) is 3.44. The van der Waals surface area contributed by atoms with Crippen LogP contribution in [0.1, 0.15) is 34.6 Å². The van der Waals surface area contributed by atoms with Gasteiger partial charge in [-0.3, -0.25) is 4.18 Å². The number of hydrogen-bond acceptors (Lipinski definition) is 3. The molecule has 16 heavy (non-hydrogen) atoms. The van der Waals surface area contributed by atoms with Gasteiger partial charge in [0.25, 0.3) is 10.1 Å². The molecule has 5 heteroatoms. The van der Waals surface area contributed by atoms with Gasteiger partial charge < -0.3 is 0 Å². The molecule has 1 aliphatic rings. The van der Waals surface area contributed by atoms with Gasteiger partial charge in [0.2, 0.25) is 0 Å². The fraction of sp³-hybridized carbons (Fsp3) is 0.636. The molecule has 3 nitrogen and oxygen atoms in total. The summed E-state index contributed by atoms with van der Waals surface area (Å²) in [6, 6.07) is 0. The first-order valence-corrected chi connectivity index (χ1v) is 6.68. The zero-order chi connectivity index (χ0) is 12.0. The summed E-state index contributed by atoms with van der Waals surface area (Å²) >= 11 is 0. The predicted octanol–water partition coefficient (Wildman–Crippen LogP) is 2.41. The molecule has 0 saturated heterocycles. The second kappa shape index (κ2) is 4.77. The Hall–Kier alpha value is 0.104. The van der Waals surface area contributed by atoms with Crippen LogP contribution in [0.2, 0.25) is 0 Å². The van der Waals surface area contributed by atoms with Crippen molar-refractivity contribution in [3.8, 4) is 0 Å². The quantitative estimate of drug-likeness (QED) is 0.575. The van der Waals surface area contributed by atoms with Gasteiger partial charge in [0.05, 0.1) is 6.26 Å². The molecule has 0 fully saturated rings. The van der Waals surface area contributed by atoms with Crippen LogP contribution in [0, 0.1) is 0 Å². The molecule has 0 heterocycles. The molecule has 0 spiro atoms. The van der Waals surface area contributed by atoms with Crippen LogP contribution in [-0.2, 0) is 36.0 Å². The van der Waals surface area contributed by atoms with E-state index >= 15 is 0 Å². The minimum absolute atomic E-state index is 0. The van der Waals surface area contributed by atoms with Gasteiger partial charge in [0.15, 0.2) is 0 Å². The van der Waals surface area contributed by atoms with Gasteiger partial charge in [0.1, 0.15) is 5.60 Å². The second-order valence-corrected chi connectivity index (χ2v) is 5.90. The summed E-state index contributed by atoms with van der Waals surface area (Å²) in [5, 5.41) is 0. The van der Waals surface area contributed by atoms with Crippen molar-refractivity contribution in [3.63, 3.8) is 0 Å². The minimum Gasteiger partial charge on any atom is -0.255 e. The van der Waals surface area contributed by atoms with Crippen LogP contribution in [0.5, 0.6) is 0 Å². The fourth-order valence-electron chi connectivity index (χ4n) is 1.99. The van der Waals surface area contributed by atoms with Crippen LogP contribution in [-0.4, -0.2) is 20.3 Å². The molecule has 0 bridgehead atoms. The summed E-state index contributed by atoms with van der Waals surface area (Å²) in [6.45, 7) is 9.62. The average molecular weight is 278 g/mol. The van der Waals surface area contributed by atoms with Crippen LogP contribution in [0.15, 0.2) is 22.3 Å². The SMILES string of the molecule is CC1=C(C)C(C)(OS(C)(=O)=O)C(C)=C1C.[Ti]. The topological polar surface area (TPSA) is 43.4 Å². The molecular formula is C11H18O3STi. The molecule has 0 unspecified atom stereocenters. The number of allylic oxidation sites excluding steroid dienone is 2. The molecule has 0 radical (unpaired) electrons. The largest absolute Gasteiger partial charge is 0.265 e. The van der Waals surface area contributed by atoms with Crippen LogP contribution in [0.3, 0.4) is 0 Å². The zero-order valence-electron chi connectivity index (χ0n) is 10.6. The first-order chi connectivity index (χ1) is 6.59. The van der Waals surface area contributed by atoms with Crippen molar-refractivity contribution in [2.75, 3.05) is 6.26 Å². The molecule has 0 amide bonds. The fourth-order valence-corrected chi connectivity index (χ4v) is 2.84. The smallest absolute Gasteiger partial charge is 0.255 e. The van der Waals surface area contributed by atoms with Crippen molar-refractivity contribution in [1.82, 2.24) is 0 Å². The predicted molar refractivity (Wildman–Crippen MR) is 61.1 cm³/mol. The summed E-state index contributed by atoms with van der Waals surface area (Å²) < 4.78 is 27.7. The Morgan fingerprint density at radius 1 is 1.00 bits per heavy atom. The summed E-state index contributed by atoms with van der Waals surface area (Å²) in [6.07, 6.45) is 1.09. The second-order valence-electron chi connectivity index (χ2n) is 4.32. The maximum Gasteiger partial charge on any atom is 0.265 e. The van der Waals surface area contributed by atoms with Gasteiger partial charge in [-0.15, -0.1) is 0 Å². The number of rotatable bonds is 2. The van der Waals surface area contributed by atoms with E-state index in [-0.39, 0.29) is 21.7 Å². The average Bonchev–Trinajstić information content (AvgIpc) is 2.19. The van der Waals surface area contributed by atoms with Crippen LogP contribution in [0.25, 0.3) is 0 Å². The Kier molecular flexibility index (Phi) is 4.80. The van der Waals surface area contributed by atoms with E-state index in [0.717, 1.165) is 28.5 Å². The molecule has 0 aromatic heterocycles. The van der Waals surface area contributed by atoms with E-state index in [2.05, 4.69) is 0 Å². The van der Waals surface area contributed by atoms with Crippen molar-refractivity contribution in [2.24, 2.45) is 0 Å². The normalized spacial score (nSPS) is 20.1. The Morgan fingerprint density at radius 3 is 1.56 bits per heavy atom. The third kappa shape index (κ3) is 2.67. The maximum atomic E-state index is 11.2. The Bertz CT molecular complexity index is 434. The van der Waals surface area contributed by atoms with Crippen molar-refractivity contribution >= 4 is 10.1 Å². The van der Waals surface area contributed by atoms with Crippen molar-refractivity contribution in [1.29, 1.82) is 0 Å². The van der Waals surface area contributed by atoms with Gasteiger partial charge in [-0.2, -0.15) is 8.42 Å². The molecule has 0 atom stereocenters. The number of hydrogen-bond donors (Lipinski definition) is 0. The van der Waals surface area contributed by atoms with Gasteiger partial charge in [-0.25, -0.2) is 0 Å². The minimum atomic E-state index is -3.45. The zero-order valence-corrected chi connectivity index (χ0v) is 13.0. The summed E-state index contributed by atoms with van der Waals surface area (Å²) in [5.41, 5.74) is 3.41. The van der Waals surface area contributed by atoms with Gasteiger partial charge >= 0.3 is 0 Å². The van der Waals surface area contributed by atoms with Gasteiger partial charge in [0, 0.05) is 21.7 Å². The first-order valence-electron chi connectivity index (χ1n) is 4.86. The van der Waals surface area contributed by atoms with E-state index in [9.17, 15) is 8.42 Å². The van der Waals surface area contributed by atoms with Crippen LogP contribution in [0.4, 0.5) is 0 Å². The van der Waals surface area contributed by atoms with Gasteiger partial charge in [-0.05, 0) is 56.9 Å². The summed E-state index contributed by atoms with van der Waals surface area (Å²) in [7, 11) is -3.45. The molecule has 0 aromatic carbocycles. The Balaban J connectivity index is 0.00000225. The Labute approximate surface area is 113 Å². The van der Waals surface area contributed by atoms with E-state index in [0.29, 0.717) is 0 Å².